The van der Waals surface area contributed by atoms with Gasteiger partial charge in [-0.1, -0.05) is 37.6 Å². The topological polar surface area (TPSA) is 51.2 Å². The molecule has 0 radical (unpaired) electrons. The van der Waals surface area contributed by atoms with Crippen LogP contribution in [0.3, 0.4) is 0 Å². The summed E-state index contributed by atoms with van der Waals surface area (Å²) in [4.78, 5) is 0. The zero-order valence-electron chi connectivity index (χ0n) is 10.0. The summed E-state index contributed by atoms with van der Waals surface area (Å²) in [5, 5.41) is 1.64. The smallest absolute Gasteiger partial charge is 0.152 e. The van der Waals surface area contributed by atoms with Crippen molar-refractivity contribution in [2.45, 2.75) is 26.3 Å². The molecule has 0 aliphatic heterocycles. The molecule has 3 N–H and O–H groups in total. The lowest BCUT2D eigenvalue weighted by atomic mass is 10.0. The highest BCUT2D eigenvalue weighted by atomic mass is 35.5. The second-order valence-corrected chi connectivity index (χ2v) is 5.06. The van der Waals surface area contributed by atoms with Gasteiger partial charge in [-0.2, -0.15) is 0 Å². The fourth-order valence-corrected chi connectivity index (χ4v) is 2.18. The van der Waals surface area contributed by atoms with E-state index in [1.165, 1.54) is 0 Å². The third-order valence-electron chi connectivity index (χ3n) is 2.77. The first-order chi connectivity index (χ1) is 8.11. The Kier molecular flexibility index (Phi) is 3.72. The van der Waals surface area contributed by atoms with Crippen molar-refractivity contribution in [3.05, 3.63) is 35.0 Å². The van der Waals surface area contributed by atoms with Crippen LogP contribution in [-0.4, -0.2) is 0 Å². The van der Waals surface area contributed by atoms with E-state index in [0.717, 1.165) is 23.2 Å². The molecule has 4 heteroatoms. The minimum absolute atomic E-state index is 0.0264. The lowest BCUT2D eigenvalue weighted by Gasteiger charge is -2.15. The predicted octanol–water partition coefficient (Wildman–Crippen LogP) is 3.64. The Balaban J connectivity index is 2.37. The van der Waals surface area contributed by atoms with Crippen LogP contribution >= 0.6 is 11.6 Å². The summed E-state index contributed by atoms with van der Waals surface area (Å²) in [7, 11) is 0. The van der Waals surface area contributed by atoms with Crippen molar-refractivity contribution >= 4 is 22.6 Å². The van der Waals surface area contributed by atoms with E-state index in [0.29, 0.717) is 10.9 Å². The van der Waals surface area contributed by atoms with Crippen LogP contribution in [-0.2, 0) is 0 Å². The van der Waals surface area contributed by atoms with Crippen molar-refractivity contribution < 1.29 is 4.42 Å². The van der Waals surface area contributed by atoms with Crippen molar-refractivity contribution in [2.24, 2.45) is 11.8 Å². The molecule has 0 bridgehead atoms. The Hall–Kier alpha value is -1.03. The molecule has 0 saturated heterocycles. The van der Waals surface area contributed by atoms with E-state index in [2.05, 4.69) is 19.3 Å². The third kappa shape index (κ3) is 2.63. The number of hydrogen-bond acceptors (Lipinski definition) is 3. The number of nitrogens with two attached hydrogens (primary N) is 1. The molecule has 0 fully saturated rings. The average Bonchev–Trinajstić information content (AvgIpc) is 2.70. The quantitative estimate of drug-likeness (QED) is 0.645. The molecule has 92 valence electrons. The van der Waals surface area contributed by atoms with Crippen LogP contribution in [0, 0.1) is 5.92 Å². The summed E-state index contributed by atoms with van der Waals surface area (Å²) >= 11 is 6.08. The zero-order valence-corrected chi connectivity index (χ0v) is 10.8. The van der Waals surface area contributed by atoms with Gasteiger partial charge in [0.1, 0.15) is 5.76 Å². The number of rotatable bonds is 4. The molecular formula is C13H17ClN2O. The molecule has 1 aromatic heterocycles. The standard InChI is InChI=1S/C13H17ClN2O/c1-8(2)6-11(16-15)12-7-9-4-3-5-10(14)13(9)17-12/h3-5,7-8,11,16H,6,15H2,1-2H3. The second-order valence-electron chi connectivity index (χ2n) is 4.66. The largest absolute Gasteiger partial charge is 0.458 e. The minimum atomic E-state index is 0.0264. The fourth-order valence-electron chi connectivity index (χ4n) is 1.96. The number of fused-ring (bicyclic) bond motifs is 1. The molecule has 1 unspecified atom stereocenters. The maximum atomic E-state index is 6.08. The molecule has 17 heavy (non-hydrogen) atoms. The van der Waals surface area contributed by atoms with Crippen molar-refractivity contribution in [2.75, 3.05) is 0 Å². The summed E-state index contributed by atoms with van der Waals surface area (Å²) in [6.45, 7) is 4.31. The highest BCUT2D eigenvalue weighted by Crippen LogP contribution is 2.31. The molecule has 0 amide bonds. The van der Waals surface area contributed by atoms with Crippen LogP contribution < -0.4 is 11.3 Å². The molecule has 2 rings (SSSR count). The van der Waals surface area contributed by atoms with Gasteiger partial charge >= 0.3 is 0 Å². The van der Waals surface area contributed by atoms with E-state index in [1.807, 2.05) is 24.3 Å². The van der Waals surface area contributed by atoms with Crippen LogP contribution in [0.1, 0.15) is 32.1 Å². The Morgan fingerprint density at radius 1 is 1.41 bits per heavy atom. The number of hydrazine groups is 1. The van der Waals surface area contributed by atoms with Gasteiger partial charge in [0.05, 0.1) is 11.1 Å². The van der Waals surface area contributed by atoms with Crippen LogP contribution in [0.15, 0.2) is 28.7 Å². The van der Waals surface area contributed by atoms with E-state index >= 15 is 0 Å². The van der Waals surface area contributed by atoms with Crippen molar-refractivity contribution in [1.29, 1.82) is 0 Å². The predicted molar refractivity (Wildman–Crippen MR) is 70.7 cm³/mol. The molecule has 0 spiro atoms. The molecule has 1 heterocycles. The normalized spacial score (nSPS) is 13.5. The van der Waals surface area contributed by atoms with Crippen molar-refractivity contribution in [1.82, 2.24) is 5.43 Å². The van der Waals surface area contributed by atoms with E-state index in [-0.39, 0.29) is 6.04 Å². The number of hydrogen-bond donors (Lipinski definition) is 2. The molecule has 1 atom stereocenters. The number of benzene rings is 1. The van der Waals surface area contributed by atoms with Gasteiger partial charge < -0.3 is 4.42 Å². The first-order valence-corrected chi connectivity index (χ1v) is 6.13. The summed E-state index contributed by atoms with van der Waals surface area (Å²) in [5.74, 6) is 6.95. The van der Waals surface area contributed by atoms with Gasteiger partial charge in [0.2, 0.25) is 0 Å². The maximum absolute atomic E-state index is 6.08. The van der Waals surface area contributed by atoms with Crippen molar-refractivity contribution in [3.63, 3.8) is 0 Å². The van der Waals surface area contributed by atoms with Crippen LogP contribution in [0.25, 0.3) is 11.0 Å². The van der Waals surface area contributed by atoms with Gasteiger partial charge in [0.25, 0.3) is 0 Å². The zero-order chi connectivity index (χ0) is 12.4. The Morgan fingerprint density at radius 3 is 2.76 bits per heavy atom. The number of nitrogens with one attached hydrogen (secondary N) is 1. The summed E-state index contributed by atoms with van der Waals surface area (Å²) in [6, 6.07) is 7.74. The van der Waals surface area contributed by atoms with Crippen LogP contribution in [0.4, 0.5) is 0 Å². The number of para-hydroxylation sites is 1. The lowest BCUT2D eigenvalue weighted by molar-refractivity contribution is 0.376. The van der Waals surface area contributed by atoms with Gasteiger partial charge in [-0.15, -0.1) is 0 Å². The average molecular weight is 253 g/mol. The lowest BCUT2D eigenvalue weighted by Crippen LogP contribution is -2.28. The van der Waals surface area contributed by atoms with E-state index in [9.17, 15) is 0 Å². The first-order valence-electron chi connectivity index (χ1n) is 5.76. The monoisotopic (exact) mass is 252 g/mol. The van der Waals surface area contributed by atoms with Gasteiger partial charge in [-0.25, -0.2) is 5.43 Å². The first kappa shape index (κ1) is 12.4. The van der Waals surface area contributed by atoms with Crippen LogP contribution in [0.5, 0.6) is 0 Å². The van der Waals surface area contributed by atoms with Crippen LogP contribution in [0.2, 0.25) is 5.02 Å². The Morgan fingerprint density at radius 2 is 2.18 bits per heavy atom. The molecule has 0 saturated carbocycles. The van der Waals surface area contributed by atoms with E-state index in [4.69, 9.17) is 21.9 Å². The third-order valence-corrected chi connectivity index (χ3v) is 3.06. The molecular weight excluding hydrogens is 236 g/mol. The van der Waals surface area contributed by atoms with Gasteiger partial charge in [-0.3, -0.25) is 5.84 Å². The molecule has 3 nitrogen and oxygen atoms in total. The van der Waals surface area contributed by atoms with E-state index < -0.39 is 0 Å². The SMILES string of the molecule is CC(C)CC(NN)c1cc2cccc(Cl)c2o1. The van der Waals surface area contributed by atoms with Gasteiger partial charge in [0, 0.05) is 5.39 Å². The summed E-state index contributed by atoms with van der Waals surface area (Å²) in [6.07, 6.45) is 0.925. The minimum Gasteiger partial charge on any atom is -0.458 e. The molecule has 2 aromatic rings. The highest BCUT2D eigenvalue weighted by Gasteiger charge is 2.17. The second kappa shape index (κ2) is 5.08. The molecule has 0 aliphatic carbocycles. The Labute approximate surface area is 106 Å². The molecule has 1 aromatic carbocycles. The fraction of sp³-hybridized carbons (Fsp3) is 0.385. The van der Waals surface area contributed by atoms with Crippen molar-refractivity contribution in [3.8, 4) is 0 Å². The molecule has 0 aliphatic rings. The summed E-state index contributed by atoms with van der Waals surface area (Å²) in [5.41, 5.74) is 3.52. The summed E-state index contributed by atoms with van der Waals surface area (Å²) < 4.78 is 5.78. The van der Waals surface area contributed by atoms with Gasteiger partial charge in [0.15, 0.2) is 5.58 Å². The number of halogens is 1. The number of furan rings is 1. The van der Waals surface area contributed by atoms with E-state index in [1.54, 1.807) is 0 Å². The van der Waals surface area contributed by atoms with Gasteiger partial charge in [-0.05, 0) is 24.5 Å². The Bertz CT molecular complexity index is 507. The highest BCUT2D eigenvalue weighted by molar-refractivity contribution is 6.34. The maximum Gasteiger partial charge on any atom is 0.152 e.